The van der Waals surface area contributed by atoms with Gasteiger partial charge in [0.05, 0.1) is 28.8 Å². The third-order valence-corrected chi connectivity index (χ3v) is 5.77. The summed E-state index contributed by atoms with van der Waals surface area (Å²) in [5.74, 6) is 0.520. The summed E-state index contributed by atoms with van der Waals surface area (Å²) >= 11 is 0. The number of rotatable bonds is 6. The van der Waals surface area contributed by atoms with Crippen LogP contribution in [0.4, 0.5) is 18.9 Å². The molecule has 0 bridgehead atoms. The van der Waals surface area contributed by atoms with E-state index in [0.717, 1.165) is 16.3 Å². The lowest BCUT2D eigenvalue weighted by Crippen LogP contribution is -2.27. The summed E-state index contributed by atoms with van der Waals surface area (Å²) in [6.07, 6.45) is -0.414. The molecule has 0 unspecified atom stereocenters. The molecule has 38 heavy (non-hydrogen) atoms. The van der Waals surface area contributed by atoms with Gasteiger partial charge in [0.25, 0.3) is 5.56 Å². The molecule has 0 amide bonds. The Morgan fingerprint density at radius 1 is 1.00 bits per heavy atom. The van der Waals surface area contributed by atoms with Gasteiger partial charge in [0.2, 0.25) is 0 Å². The summed E-state index contributed by atoms with van der Waals surface area (Å²) in [7, 11) is 0. The summed E-state index contributed by atoms with van der Waals surface area (Å²) in [6, 6.07) is 13.7. The van der Waals surface area contributed by atoms with Crippen LogP contribution in [0.3, 0.4) is 0 Å². The van der Waals surface area contributed by atoms with Crippen molar-refractivity contribution in [1.29, 1.82) is 0 Å². The van der Waals surface area contributed by atoms with Crippen molar-refractivity contribution >= 4 is 5.69 Å². The molecule has 5 aromatic rings. The van der Waals surface area contributed by atoms with E-state index >= 15 is 0 Å². The molecule has 2 aromatic carbocycles. The number of hydrogen-bond acceptors (Lipinski definition) is 7. The second kappa shape index (κ2) is 9.92. The van der Waals surface area contributed by atoms with Gasteiger partial charge in [-0.2, -0.15) is 33.1 Å². The maximum absolute atomic E-state index is 14.1. The van der Waals surface area contributed by atoms with Crippen LogP contribution in [-0.4, -0.2) is 31.5 Å². The number of nitrogens with zero attached hydrogens (tertiary/aromatic N) is 5. The Hall–Kier alpha value is -4.80. The molecule has 0 saturated heterocycles. The van der Waals surface area contributed by atoms with E-state index in [-0.39, 0.29) is 5.69 Å². The van der Waals surface area contributed by atoms with E-state index in [1.54, 1.807) is 31.3 Å². The van der Waals surface area contributed by atoms with Gasteiger partial charge in [0, 0.05) is 29.4 Å². The number of halogens is 3. The normalized spacial score (nSPS) is 11.5. The molecule has 0 aliphatic rings. The Morgan fingerprint density at radius 3 is 2.50 bits per heavy atom. The highest BCUT2D eigenvalue weighted by molar-refractivity contribution is 5.72. The molecule has 3 aromatic heterocycles. The average Bonchev–Trinajstić information content (AvgIpc) is 3.45. The molecule has 0 atom stereocenters. The van der Waals surface area contributed by atoms with Gasteiger partial charge in [0.15, 0.2) is 12.2 Å². The summed E-state index contributed by atoms with van der Waals surface area (Å²) in [4.78, 5) is 17.4. The van der Waals surface area contributed by atoms with E-state index in [0.29, 0.717) is 40.4 Å². The number of aryl methyl sites for hydroxylation is 1. The number of alkyl halides is 3. The zero-order valence-corrected chi connectivity index (χ0v) is 20.3. The van der Waals surface area contributed by atoms with E-state index in [1.807, 2.05) is 19.1 Å². The van der Waals surface area contributed by atoms with Gasteiger partial charge in [-0.15, -0.1) is 0 Å². The van der Waals surface area contributed by atoms with Crippen LogP contribution in [0.5, 0.6) is 0 Å². The molecule has 5 rings (SSSR count). The van der Waals surface area contributed by atoms with Crippen molar-refractivity contribution in [1.82, 2.24) is 25.0 Å². The van der Waals surface area contributed by atoms with Crippen molar-refractivity contribution in [2.45, 2.75) is 20.0 Å². The van der Waals surface area contributed by atoms with Crippen molar-refractivity contribution in [3.8, 4) is 39.5 Å². The monoisotopic (exact) mass is 518 g/mol. The molecule has 0 spiro atoms. The van der Waals surface area contributed by atoms with Gasteiger partial charge >= 0.3 is 6.18 Å². The predicted octanol–water partition coefficient (Wildman–Crippen LogP) is 5.77. The van der Waals surface area contributed by atoms with Crippen molar-refractivity contribution in [2.75, 3.05) is 11.9 Å². The quantitative estimate of drug-likeness (QED) is 0.305. The van der Waals surface area contributed by atoms with Gasteiger partial charge in [-0.05, 0) is 67.9 Å². The first-order valence-electron chi connectivity index (χ1n) is 11.6. The number of aromatic nitrogens is 5. The molecule has 11 heteroatoms. The van der Waals surface area contributed by atoms with Crippen LogP contribution in [-0.2, 0) is 6.18 Å². The van der Waals surface area contributed by atoms with Crippen LogP contribution in [0.25, 0.3) is 39.5 Å². The Kier molecular flexibility index (Phi) is 6.50. The number of nitrogens with one attached hydrogen (secondary N) is 1. The predicted molar refractivity (Wildman–Crippen MR) is 136 cm³/mol. The third-order valence-electron chi connectivity index (χ3n) is 5.77. The van der Waals surface area contributed by atoms with Crippen LogP contribution < -0.4 is 10.9 Å². The Balaban J connectivity index is 1.76. The van der Waals surface area contributed by atoms with Crippen molar-refractivity contribution in [2.24, 2.45) is 0 Å². The Bertz CT molecular complexity index is 1650. The van der Waals surface area contributed by atoms with E-state index in [4.69, 9.17) is 4.42 Å². The molecule has 0 aliphatic heterocycles. The van der Waals surface area contributed by atoms with Crippen LogP contribution >= 0.6 is 0 Å². The summed E-state index contributed by atoms with van der Waals surface area (Å²) in [6.45, 7) is 4.03. The first-order chi connectivity index (χ1) is 18.2. The van der Waals surface area contributed by atoms with E-state index in [1.165, 1.54) is 30.8 Å². The molecule has 0 fully saturated rings. The summed E-state index contributed by atoms with van der Waals surface area (Å²) < 4.78 is 48.6. The first-order valence-corrected chi connectivity index (χ1v) is 11.6. The fraction of sp³-hybridized carbons (Fsp3) is 0.148. The maximum Gasteiger partial charge on any atom is 0.418 e. The second-order valence-corrected chi connectivity index (χ2v) is 8.48. The van der Waals surface area contributed by atoms with Crippen LogP contribution in [0.15, 0.2) is 82.6 Å². The van der Waals surface area contributed by atoms with Crippen molar-refractivity contribution in [3.63, 3.8) is 0 Å². The minimum atomic E-state index is -4.74. The molecule has 192 valence electrons. The lowest BCUT2D eigenvalue weighted by molar-refractivity contribution is -0.137. The Labute approximate surface area is 214 Å². The highest BCUT2D eigenvalue weighted by Gasteiger charge is 2.35. The first kappa shape index (κ1) is 24.9. The molecular weight excluding hydrogens is 497 g/mol. The highest BCUT2D eigenvalue weighted by atomic mass is 19.4. The Morgan fingerprint density at radius 2 is 1.82 bits per heavy atom. The zero-order valence-electron chi connectivity index (χ0n) is 20.3. The fourth-order valence-electron chi connectivity index (χ4n) is 4.11. The van der Waals surface area contributed by atoms with Crippen molar-refractivity contribution < 1.29 is 17.6 Å². The summed E-state index contributed by atoms with van der Waals surface area (Å²) in [5, 5.41) is 15.2. The smallest absolute Gasteiger partial charge is 0.418 e. The number of benzene rings is 2. The van der Waals surface area contributed by atoms with Crippen LogP contribution in [0.1, 0.15) is 18.1 Å². The van der Waals surface area contributed by atoms with Gasteiger partial charge < -0.3 is 9.73 Å². The maximum atomic E-state index is 14.1. The molecule has 8 nitrogen and oxygen atoms in total. The van der Waals surface area contributed by atoms with E-state index in [2.05, 4.69) is 25.6 Å². The van der Waals surface area contributed by atoms with E-state index in [9.17, 15) is 18.0 Å². The zero-order chi connectivity index (χ0) is 26.9. The minimum absolute atomic E-state index is 0.109. The minimum Gasteiger partial charge on any atom is -0.444 e. The number of oxazole rings is 1. The largest absolute Gasteiger partial charge is 0.444 e. The van der Waals surface area contributed by atoms with E-state index < -0.39 is 23.0 Å². The molecule has 0 aliphatic carbocycles. The SMILES string of the molecule is CCNc1cc(-c2cc(C)cc(-c3cnco3)c2)nn(-c2cc(-c3cccnn3)ccc2C(F)(F)F)c1=O. The van der Waals surface area contributed by atoms with Gasteiger partial charge in [0.1, 0.15) is 5.69 Å². The lowest BCUT2D eigenvalue weighted by atomic mass is 10.0. The van der Waals surface area contributed by atoms with Gasteiger partial charge in [-0.25, -0.2) is 4.98 Å². The molecule has 0 radical (unpaired) electrons. The van der Waals surface area contributed by atoms with Crippen molar-refractivity contribution in [3.05, 3.63) is 94.9 Å². The molecule has 0 saturated carbocycles. The topological polar surface area (TPSA) is 98.7 Å². The molecular formula is C27H21F3N6O2. The highest BCUT2D eigenvalue weighted by Crippen LogP contribution is 2.36. The second-order valence-electron chi connectivity index (χ2n) is 8.48. The van der Waals surface area contributed by atoms with Crippen LogP contribution in [0.2, 0.25) is 0 Å². The van der Waals surface area contributed by atoms with Gasteiger partial charge in [-0.1, -0.05) is 6.07 Å². The lowest BCUT2D eigenvalue weighted by Gasteiger charge is -2.17. The average molecular weight is 518 g/mol. The third kappa shape index (κ3) is 4.90. The van der Waals surface area contributed by atoms with Crippen LogP contribution in [0, 0.1) is 6.92 Å². The standard InChI is InChI=1S/C27H21F3N6O2/c1-3-32-23-13-22(18-9-16(2)10-19(11-18)25-14-31-15-38-25)35-36(26(23)37)24-12-17(21-5-4-8-33-34-21)6-7-20(24)27(28,29)30/h4-15,32H,3H2,1-2H3. The fourth-order valence-corrected chi connectivity index (χ4v) is 4.11. The molecule has 3 heterocycles. The number of anilines is 1. The van der Waals surface area contributed by atoms with Gasteiger partial charge in [-0.3, -0.25) is 4.79 Å². The molecule has 1 N–H and O–H groups in total. The summed E-state index contributed by atoms with van der Waals surface area (Å²) in [5.41, 5.74) is 1.12. The number of hydrogen-bond donors (Lipinski definition) is 1.